The van der Waals surface area contributed by atoms with Crippen LogP contribution in [0, 0.1) is 47.6 Å². The third-order valence-corrected chi connectivity index (χ3v) is 24.9. The number of fused-ring (bicyclic) bond motifs is 4. The first-order chi connectivity index (χ1) is 67.8. The molecule has 0 saturated carbocycles. The van der Waals surface area contributed by atoms with E-state index in [-0.39, 0.29) is 81.8 Å². The van der Waals surface area contributed by atoms with Gasteiger partial charge < -0.3 is 9.47 Å². The van der Waals surface area contributed by atoms with Gasteiger partial charge >= 0.3 is 12.2 Å². The van der Waals surface area contributed by atoms with Crippen molar-refractivity contribution in [2.45, 2.75) is 41.0 Å². The standard InChI is InChI=1S/C26H23FN6O2.C25H22F2N6O2S.C25H20F2N6O2.C24H20F2N6O2S/c1-4-35-26(34)31-24-11-18(10-22(30-24)21-6-5-20(27)9-16(21)2)23-14-28-25-12-17(7-8-33(23)25)19-13-29-32(3)15-19;1-3-8-36(34,35)31-24-10-17(9-22(30-24)20-5-4-19(26)12-21(20)27)23-14-28-25-11-16(6-7-33(23)25)18-13-29-32(2)15-18;1-3-35-25(34)31-23-9-16(8-21(30-23)19-5-4-18(26)11-20(19)27)22-13-28-24-10-15(6-7-33(22)24)17-12-29-32(2)14-17;1-3-35(33,34)30-23-9-16(8-21(29-23)19-5-4-18(25)11-20(19)26)22-13-27-24-10-15(6-7-32(22)24)17-12-28-31(2)14-17/h5-15H,4H2,1-3H3,(H,30,31,34);4-7,9-15H,3,8H2,1-2H3,(H,30,31);4-14H,3H2,1-2H3,(H,30,31,34);4-14H,3H2,1-2H3,(H,29,30). The summed E-state index contributed by atoms with van der Waals surface area (Å²) in [5.41, 5.74) is 18.5. The predicted molar refractivity (Wildman–Crippen MR) is 521 cm³/mol. The van der Waals surface area contributed by atoms with Crippen molar-refractivity contribution in [2.24, 2.45) is 28.2 Å². The number of amides is 2. The Hall–Kier alpha value is -17.4. The number of pyridine rings is 8. The molecular formula is C100H85F7N24O8S2. The Kier molecular flexibility index (Phi) is 27.4. The first-order valence-corrected chi connectivity index (χ1v) is 47.0. The number of carbonyl (C=O) groups excluding carboxylic acids is 2. The fourth-order valence-corrected chi connectivity index (χ4v) is 17.2. The van der Waals surface area contributed by atoms with Crippen LogP contribution in [0.15, 0.2) is 269 Å². The van der Waals surface area contributed by atoms with Gasteiger partial charge in [0.2, 0.25) is 20.0 Å². The Morgan fingerprint density at radius 1 is 0.326 bits per heavy atom. The smallest absolute Gasteiger partial charge is 0.412 e. The number of rotatable bonds is 23. The lowest BCUT2D eigenvalue weighted by atomic mass is 10.0. The molecule has 4 N–H and O–H groups in total. The number of aryl methyl sites for hydroxylation is 5. The van der Waals surface area contributed by atoms with Crippen LogP contribution in [0.25, 0.3) is 157 Å². The number of benzene rings is 4. The number of aromatic nitrogens is 20. The summed E-state index contributed by atoms with van der Waals surface area (Å²) >= 11 is 0. The van der Waals surface area contributed by atoms with Crippen LogP contribution in [-0.4, -0.2) is 150 Å². The minimum absolute atomic E-state index is 0.0185. The minimum Gasteiger partial charge on any atom is -0.450 e. The van der Waals surface area contributed by atoms with Gasteiger partial charge in [-0.05, 0) is 214 Å². The fraction of sp³-hybridized carbons (Fsp3) is 0.140. The van der Waals surface area contributed by atoms with Crippen LogP contribution >= 0.6 is 0 Å². The zero-order valence-corrected chi connectivity index (χ0v) is 78.2. The maximum atomic E-state index is 14.6. The molecule has 16 aromatic heterocycles. The summed E-state index contributed by atoms with van der Waals surface area (Å²) in [6, 6.07) is 42.9. The van der Waals surface area contributed by atoms with Crippen molar-refractivity contribution in [3.63, 3.8) is 0 Å². The SMILES string of the molecule is CCCS(=O)(=O)Nc1cc(-c2cnc3cc(-c4cnn(C)c4)ccn23)cc(-c2ccc(F)cc2F)n1.CCOC(=O)Nc1cc(-c2cnc3cc(-c4cnn(C)c4)ccn23)cc(-c2ccc(F)cc2C)n1.CCOC(=O)Nc1cc(-c2cnc3cc(-c4cnn(C)c4)ccn23)cc(-c2ccc(F)cc2F)n1.CCS(=O)(=O)Nc1cc(-c2cnc3cc(-c4cnn(C)c4)ccn23)cc(-c2ccc(F)cc2F)n1. The molecule has 0 spiro atoms. The summed E-state index contributed by atoms with van der Waals surface area (Å²) in [4.78, 5) is 59.8. The molecule has 41 heteroatoms. The van der Waals surface area contributed by atoms with E-state index >= 15 is 0 Å². The van der Waals surface area contributed by atoms with Crippen LogP contribution < -0.4 is 20.1 Å². The third-order valence-electron chi connectivity index (χ3n) is 22.2. The molecule has 0 radical (unpaired) electrons. The highest BCUT2D eigenvalue weighted by molar-refractivity contribution is 7.92. The maximum absolute atomic E-state index is 14.6. The van der Waals surface area contributed by atoms with Gasteiger partial charge in [-0.3, -0.25) is 56.4 Å². The molecule has 0 fully saturated rings. The quantitative estimate of drug-likeness (QED) is 0.0432. The first kappa shape index (κ1) is 95.4. The van der Waals surface area contributed by atoms with Crippen LogP contribution in [0.2, 0.25) is 0 Å². The van der Waals surface area contributed by atoms with E-state index < -0.39 is 67.1 Å². The number of sulfonamides is 2. The van der Waals surface area contributed by atoms with Crippen molar-refractivity contribution in [2.75, 3.05) is 44.8 Å². The summed E-state index contributed by atoms with van der Waals surface area (Å²) in [5, 5.41) is 22.1. The summed E-state index contributed by atoms with van der Waals surface area (Å²) < 4.78 is 177. The minimum atomic E-state index is -3.66. The first-order valence-electron chi connectivity index (χ1n) is 43.7. The molecule has 2 amide bonds. The predicted octanol–water partition coefficient (Wildman–Crippen LogP) is 20.2. The van der Waals surface area contributed by atoms with E-state index in [1.54, 1.807) is 131 Å². The van der Waals surface area contributed by atoms with Crippen LogP contribution in [0.1, 0.15) is 39.7 Å². The number of halogens is 7. The lowest BCUT2D eigenvalue weighted by molar-refractivity contribution is 0.167. The lowest BCUT2D eigenvalue weighted by Gasteiger charge is -2.12. The molecule has 32 nitrogen and oxygen atoms in total. The molecule has 0 bridgehead atoms. The number of carbonyl (C=O) groups is 2. The normalized spacial score (nSPS) is 11.4. The molecule has 0 aliphatic rings. The monoisotopic (exact) mass is 1950 g/mol. The van der Waals surface area contributed by atoms with E-state index in [4.69, 9.17) is 9.47 Å². The van der Waals surface area contributed by atoms with Gasteiger partial charge in [0.25, 0.3) is 0 Å². The van der Waals surface area contributed by atoms with Gasteiger partial charge in [-0.25, -0.2) is 97.0 Å². The van der Waals surface area contributed by atoms with Crippen LogP contribution in [0.3, 0.4) is 0 Å². The molecule has 0 unspecified atom stereocenters. The lowest BCUT2D eigenvalue weighted by Crippen LogP contribution is -2.17. The highest BCUT2D eigenvalue weighted by Crippen LogP contribution is 2.39. The second-order valence-electron chi connectivity index (χ2n) is 32.2. The van der Waals surface area contributed by atoms with Crippen molar-refractivity contribution >= 4 is 78.1 Å². The Morgan fingerprint density at radius 2 is 0.610 bits per heavy atom. The molecule has 4 aromatic carbocycles. The van der Waals surface area contributed by atoms with Crippen molar-refractivity contribution in [3.05, 3.63) is 315 Å². The number of nitrogens with zero attached hydrogens (tertiary/aromatic N) is 20. The van der Waals surface area contributed by atoms with Gasteiger partial charge in [-0.2, -0.15) is 20.4 Å². The van der Waals surface area contributed by atoms with Gasteiger partial charge in [0.05, 0.1) is 120 Å². The highest BCUT2D eigenvalue weighted by Gasteiger charge is 2.24. The average Bonchev–Trinajstić information content (AvgIpc) is 1.66. The number of ether oxygens (including phenoxy) is 2. The molecule has 141 heavy (non-hydrogen) atoms. The number of anilines is 4. The Bertz CT molecular complexity index is 8190. The molecule has 0 aliphatic heterocycles. The number of hydrogen-bond donors (Lipinski definition) is 4. The van der Waals surface area contributed by atoms with Crippen molar-refractivity contribution in [1.82, 2.24) is 96.6 Å². The van der Waals surface area contributed by atoms with E-state index in [1.165, 1.54) is 37.3 Å². The van der Waals surface area contributed by atoms with Crippen molar-refractivity contribution in [3.8, 4) is 135 Å². The van der Waals surface area contributed by atoms with Gasteiger partial charge in [0.15, 0.2) is 0 Å². The summed E-state index contributed by atoms with van der Waals surface area (Å²) in [6.07, 6.45) is 28.1. The van der Waals surface area contributed by atoms with Crippen molar-refractivity contribution < 1.29 is 66.6 Å². The molecule has 0 atom stereocenters. The van der Waals surface area contributed by atoms with Crippen LogP contribution in [-0.2, 0) is 57.7 Å². The maximum Gasteiger partial charge on any atom is 0.412 e. The summed E-state index contributed by atoms with van der Waals surface area (Å²) in [7, 11) is 0.0980. The molecule has 20 aromatic rings. The Labute approximate surface area is 800 Å². The van der Waals surface area contributed by atoms with E-state index in [1.807, 2.05) is 163 Å². The Balaban J connectivity index is 0.000000130. The van der Waals surface area contributed by atoms with Gasteiger partial charge in [-0.15, -0.1) is 0 Å². The second kappa shape index (κ2) is 40.5. The Morgan fingerprint density at radius 3 is 0.887 bits per heavy atom. The number of hydrogen-bond acceptors (Lipinski definition) is 20. The largest absolute Gasteiger partial charge is 0.450 e. The molecule has 20 rings (SSSR count). The molecule has 0 aliphatic carbocycles. The van der Waals surface area contributed by atoms with Crippen LogP contribution in [0.4, 0.5) is 63.6 Å². The van der Waals surface area contributed by atoms with Gasteiger partial charge in [-0.1, -0.05) is 6.92 Å². The summed E-state index contributed by atoms with van der Waals surface area (Å²) in [6.45, 7) is 8.90. The van der Waals surface area contributed by atoms with Crippen LogP contribution in [0.5, 0.6) is 0 Å². The topological polar surface area (TPSA) is 361 Å². The molecule has 16 heterocycles. The molecular weight excluding hydrogens is 1860 g/mol. The second-order valence-corrected chi connectivity index (χ2v) is 36.1. The van der Waals surface area contributed by atoms with Gasteiger partial charge in [0.1, 0.15) is 86.6 Å². The van der Waals surface area contributed by atoms with Gasteiger partial charge in [0, 0.05) is 163 Å². The van der Waals surface area contributed by atoms with Crippen molar-refractivity contribution in [1.29, 1.82) is 0 Å². The summed E-state index contributed by atoms with van der Waals surface area (Å²) in [5.74, 6) is -4.57. The molecule has 714 valence electrons. The van der Waals surface area contributed by atoms with E-state index in [0.29, 0.717) is 68.6 Å². The average molecular weight is 1950 g/mol. The highest BCUT2D eigenvalue weighted by atomic mass is 32.2. The molecule has 0 saturated heterocycles. The number of imidazole rings is 4. The zero-order valence-electron chi connectivity index (χ0n) is 76.6. The zero-order chi connectivity index (χ0) is 99.2. The fourth-order valence-electron chi connectivity index (χ4n) is 15.5. The third kappa shape index (κ3) is 21.9. The van der Waals surface area contributed by atoms with E-state index in [9.17, 15) is 57.2 Å². The van der Waals surface area contributed by atoms with E-state index in [0.717, 1.165) is 109 Å². The van der Waals surface area contributed by atoms with E-state index in [2.05, 4.69) is 80.3 Å². The number of nitrogens with one attached hydrogen (secondary N) is 4.